The van der Waals surface area contributed by atoms with Gasteiger partial charge in [-0.2, -0.15) is 0 Å². The van der Waals surface area contributed by atoms with Gasteiger partial charge in [0.2, 0.25) is 0 Å². The Kier molecular flexibility index (Phi) is 4.96. The summed E-state index contributed by atoms with van der Waals surface area (Å²) in [6.45, 7) is 0. The zero-order valence-corrected chi connectivity index (χ0v) is 21.6. The number of fused-ring (bicyclic) bond motifs is 6. The van der Waals surface area contributed by atoms with Crippen LogP contribution in [0.1, 0.15) is 0 Å². The Bertz CT molecular complexity index is 2170. The Morgan fingerprint density at radius 2 is 1.21 bits per heavy atom. The highest BCUT2D eigenvalue weighted by Crippen LogP contribution is 2.39. The highest BCUT2D eigenvalue weighted by molar-refractivity contribution is 7.26. The van der Waals surface area contributed by atoms with E-state index >= 15 is 0 Å². The van der Waals surface area contributed by atoms with E-state index in [9.17, 15) is 0 Å². The van der Waals surface area contributed by atoms with Gasteiger partial charge in [0.05, 0.1) is 32.8 Å². The number of aromatic nitrogens is 4. The minimum Gasteiger partial charge on any atom is -0.254 e. The second-order valence-corrected chi connectivity index (χ2v) is 10.5. The standard InChI is InChI=1S/C34H20N4S/c1-2-10-21(11-3-1)34-37-30(33-32(38-34)26-15-7-9-17-29(26)39-33)22-18-19-28(35-20-22)31-25-14-5-4-12-23(25)24-13-6-8-16-27(24)36-31/h1-20H. The number of para-hydroxylation sites is 1. The number of rotatable bonds is 3. The Labute approximate surface area is 228 Å². The predicted octanol–water partition coefficient (Wildman–Crippen LogP) is 8.94. The summed E-state index contributed by atoms with van der Waals surface area (Å²) in [7, 11) is 0. The predicted molar refractivity (Wildman–Crippen MR) is 162 cm³/mol. The molecule has 5 heteroatoms. The van der Waals surface area contributed by atoms with Gasteiger partial charge in [0, 0.05) is 38.2 Å². The van der Waals surface area contributed by atoms with Crippen LogP contribution in [0.3, 0.4) is 0 Å². The quantitative estimate of drug-likeness (QED) is 0.220. The molecule has 0 atom stereocenters. The summed E-state index contributed by atoms with van der Waals surface area (Å²) in [6.07, 6.45) is 1.92. The van der Waals surface area contributed by atoms with Gasteiger partial charge >= 0.3 is 0 Å². The number of nitrogens with zero attached hydrogens (tertiary/aromatic N) is 4. The van der Waals surface area contributed by atoms with E-state index in [2.05, 4.69) is 91.0 Å². The number of thiophene rings is 1. The Balaban J connectivity index is 1.33. The number of hydrogen-bond acceptors (Lipinski definition) is 5. The first-order valence-corrected chi connectivity index (χ1v) is 13.6. The van der Waals surface area contributed by atoms with Gasteiger partial charge in [-0.15, -0.1) is 11.3 Å². The summed E-state index contributed by atoms with van der Waals surface area (Å²) in [4.78, 5) is 20.0. The second-order valence-electron chi connectivity index (χ2n) is 9.49. The lowest BCUT2D eigenvalue weighted by molar-refractivity contribution is 1.22. The van der Waals surface area contributed by atoms with Crippen LogP contribution < -0.4 is 0 Å². The molecule has 0 amide bonds. The molecule has 4 aromatic carbocycles. The molecule has 0 saturated carbocycles. The van der Waals surface area contributed by atoms with E-state index in [0.29, 0.717) is 5.82 Å². The highest BCUT2D eigenvalue weighted by atomic mass is 32.1. The molecule has 0 aliphatic heterocycles. The molecule has 0 aliphatic carbocycles. The second kappa shape index (κ2) is 8.79. The third-order valence-corrected chi connectivity index (χ3v) is 8.31. The highest BCUT2D eigenvalue weighted by Gasteiger charge is 2.17. The van der Waals surface area contributed by atoms with E-state index in [1.165, 1.54) is 10.1 Å². The third-order valence-electron chi connectivity index (χ3n) is 7.14. The van der Waals surface area contributed by atoms with Crippen molar-refractivity contribution >= 4 is 53.3 Å². The summed E-state index contributed by atoms with van der Waals surface area (Å²) in [6, 6.07) is 39.4. The summed E-state index contributed by atoms with van der Waals surface area (Å²) >= 11 is 1.73. The molecule has 0 aliphatic rings. The van der Waals surface area contributed by atoms with E-state index in [-0.39, 0.29) is 0 Å². The molecule has 8 rings (SSSR count). The Morgan fingerprint density at radius 1 is 0.487 bits per heavy atom. The van der Waals surface area contributed by atoms with Crippen LogP contribution in [0.25, 0.3) is 76.0 Å². The van der Waals surface area contributed by atoms with Crippen molar-refractivity contribution in [2.24, 2.45) is 0 Å². The van der Waals surface area contributed by atoms with Gasteiger partial charge in [0.15, 0.2) is 5.82 Å². The van der Waals surface area contributed by atoms with Crippen molar-refractivity contribution in [3.63, 3.8) is 0 Å². The minimum atomic E-state index is 0.716. The van der Waals surface area contributed by atoms with E-state index in [4.69, 9.17) is 19.9 Å². The van der Waals surface area contributed by atoms with Gasteiger partial charge in [0.1, 0.15) is 0 Å². The van der Waals surface area contributed by atoms with Gasteiger partial charge in [-0.05, 0) is 29.7 Å². The minimum absolute atomic E-state index is 0.716. The van der Waals surface area contributed by atoms with Crippen LogP contribution in [0.5, 0.6) is 0 Å². The van der Waals surface area contributed by atoms with E-state index in [0.717, 1.165) is 60.1 Å². The van der Waals surface area contributed by atoms with Crippen molar-refractivity contribution in [3.8, 4) is 34.0 Å². The lowest BCUT2D eigenvalue weighted by Crippen LogP contribution is -1.95. The first kappa shape index (κ1) is 22.0. The van der Waals surface area contributed by atoms with Crippen LogP contribution in [0.4, 0.5) is 0 Å². The smallest absolute Gasteiger partial charge is 0.160 e. The van der Waals surface area contributed by atoms with Crippen molar-refractivity contribution < 1.29 is 0 Å². The van der Waals surface area contributed by atoms with Crippen molar-refractivity contribution in [1.82, 2.24) is 19.9 Å². The van der Waals surface area contributed by atoms with Crippen LogP contribution in [-0.4, -0.2) is 19.9 Å². The van der Waals surface area contributed by atoms with Crippen LogP contribution in [0, 0.1) is 0 Å². The SMILES string of the molecule is c1ccc(-c2nc(-c3ccc(-c4nc5ccccc5c5ccccc45)nc3)c3sc4ccccc4c3n2)cc1. The normalized spacial score (nSPS) is 11.6. The summed E-state index contributed by atoms with van der Waals surface area (Å²) in [5, 5.41) is 4.57. The van der Waals surface area contributed by atoms with Crippen LogP contribution >= 0.6 is 11.3 Å². The lowest BCUT2D eigenvalue weighted by atomic mass is 10.0. The van der Waals surface area contributed by atoms with Crippen molar-refractivity contribution in [3.05, 3.63) is 121 Å². The fraction of sp³-hybridized carbons (Fsp3) is 0. The summed E-state index contributed by atoms with van der Waals surface area (Å²) in [5.74, 6) is 0.716. The molecule has 0 unspecified atom stereocenters. The van der Waals surface area contributed by atoms with Gasteiger partial charge in [0.25, 0.3) is 0 Å². The van der Waals surface area contributed by atoms with Crippen molar-refractivity contribution in [1.29, 1.82) is 0 Å². The van der Waals surface area contributed by atoms with Crippen molar-refractivity contribution in [2.75, 3.05) is 0 Å². The molecule has 0 spiro atoms. The first-order valence-electron chi connectivity index (χ1n) is 12.8. The molecule has 8 aromatic rings. The molecule has 0 N–H and O–H groups in total. The van der Waals surface area contributed by atoms with Crippen LogP contribution in [0.2, 0.25) is 0 Å². The lowest BCUT2D eigenvalue weighted by Gasteiger charge is -2.10. The van der Waals surface area contributed by atoms with Crippen LogP contribution in [0.15, 0.2) is 121 Å². The van der Waals surface area contributed by atoms with Gasteiger partial charge in [-0.25, -0.2) is 15.0 Å². The molecule has 0 radical (unpaired) electrons. The summed E-state index contributed by atoms with van der Waals surface area (Å²) in [5.41, 5.74) is 6.52. The average molecular weight is 517 g/mol. The monoisotopic (exact) mass is 516 g/mol. The molecule has 0 saturated heterocycles. The fourth-order valence-electron chi connectivity index (χ4n) is 5.28. The maximum atomic E-state index is 5.07. The number of hydrogen-bond donors (Lipinski definition) is 0. The Hall–Kier alpha value is -5.00. The Morgan fingerprint density at radius 3 is 2.03 bits per heavy atom. The molecular weight excluding hydrogens is 496 g/mol. The zero-order valence-electron chi connectivity index (χ0n) is 20.7. The molecule has 0 fully saturated rings. The van der Waals surface area contributed by atoms with E-state index in [1.807, 2.05) is 30.5 Å². The maximum Gasteiger partial charge on any atom is 0.160 e. The molecular formula is C34H20N4S. The zero-order chi connectivity index (χ0) is 25.8. The molecule has 39 heavy (non-hydrogen) atoms. The largest absolute Gasteiger partial charge is 0.254 e. The topological polar surface area (TPSA) is 51.6 Å². The molecule has 4 heterocycles. The molecule has 0 bridgehead atoms. The van der Waals surface area contributed by atoms with E-state index < -0.39 is 0 Å². The summed E-state index contributed by atoms with van der Waals surface area (Å²) < 4.78 is 2.27. The molecule has 182 valence electrons. The van der Waals surface area contributed by atoms with Crippen LogP contribution in [-0.2, 0) is 0 Å². The molecule has 4 nitrogen and oxygen atoms in total. The number of pyridine rings is 2. The van der Waals surface area contributed by atoms with E-state index in [1.54, 1.807) is 11.3 Å². The van der Waals surface area contributed by atoms with Gasteiger partial charge in [-0.1, -0.05) is 91.0 Å². The first-order chi connectivity index (χ1) is 19.3. The van der Waals surface area contributed by atoms with Gasteiger partial charge < -0.3 is 0 Å². The van der Waals surface area contributed by atoms with Crippen molar-refractivity contribution in [2.45, 2.75) is 0 Å². The molecule has 4 aromatic heterocycles. The maximum absolute atomic E-state index is 5.07. The average Bonchev–Trinajstić information content (AvgIpc) is 3.39. The fourth-order valence-corrected chi connectivity index (χ4v) is 6.43. The van der Waals surface area contributed by atoms with Gasteiger partial charge in [-0.3, -0.25) is 4.98 Å². The number of benzene rings is 4. The third kappa shape index (κ3) is 3.59.